The Labute approximate surface area is 95.1 Å². The van der Waals surface area contributed by atoms with Gasteiger partial charge in [0.2, 0.25) is 5.95 Å². The van der Waals surface area contributed by atoms with Crippen LogP contribution in [-0.2, 0) is 0 Å². The van der Waals surface area contributed by atoms with Crippen LogP contribution in [0.5, 0.6) is 0 Å². The van der Waals surface area contributed by atoms with Gasteiger partial charge in [0.1, 0.15) is 10.8 Å². The van der Waals surface area contributed by atoms with Gasteiger partial charge in [-0.15, -0.1) is 11.8 Å². The van der Waals surface area contributed by atoms with Gasteiger partial charge in [-0.2, -0.15) is 4.98 Å². The summed E-state index contributed by atoms with van der Waals surface area (Å²) in [5.41, 5.74) is 5.59. The molecule has 0 unspecified atom stereocenters. The standard InChI is InChI=1S/C10H18N4S/c1-7(2)4-5-15-9-6-8(12-3)13-10(11)14-9/h6-7H,4-5H2,1-3H3,(H3,11,12,13,14). The predicted molar refractivity (Wildman–Crippen MR) is 66.2 cm³/mol. The van der Waals surface area contributed by atoms with Gasteiger partial charge in [0.05, 0.1) is 0 Å². The summed E-state index contributed by atoms with van der Waals surface area (Å²) >= 11 is 1.72. The molecule has 0 fully saturated rings. The Kier molecular flexibility index (Phi) is 4.68. The Morgan fingerprint density at radius 3 is 2.80 bits per heavy atom. The summed E-state index contributed by atoms with van der Waals surface area (Å²) in [5.74, 6) is 2.89. The van der Waals surface area contributed by atoms with Gasteiger partial charge in [0.25, 0.3) is 0 Å². The van der Waals surface area contributed by atoms with E-state index in [1.165, 1.54) is 6.42 Å². The van der Waals surface area contributed by atoms with Crippen LogP contribution in [0.3, 0.4) is 0 Å². The molecule has 0 atom stereocenters. The van der Waals surface area contributed by atoms with E-state index in [0.29, 0.717) is 5.95 Å². The third kappa shape index (κ3) is 4.38. The van der Waals surface area contributed by atoms with Gasteiger partial charge in [0, 0.05) is 13.1 Å². The van der Waals surface area contributed by atoms with Crippen LogP contribution in [-0.4, -0.2) is 22.8 Å². The molecular weight excluding hydrogens is 208 g/mol. The molecule has 0 spiro atoms. The van der Waals surface area contributed by atoms with Gasteiger partial charge < -0.3 is 11.1 Å². The lowest BCUT2D eigenvalue weighted by molar-refractivity contribution is 0.632. The molecule has 1 aromatic rings. The molecule has 4 nitrogen and oxygen atoms in total. The summed E-state index contributed by atoms with van der Waals surface area (Å²) in [7, 11) is 1.82. The Morgan fingerprint density at radius 1 is 1.47 bits per heavy atom. The zero-order valence-electron chi connectivity index (χ0n) is 9.45. The van der Waals surface area contributed by atoms with E-state index in [1.54, 1.807) is 11.8 Å². The van der Waals surface area contributed by atoms with Crippen LogP contribution in [0.2, 0.25) is 0 Å². The normalized spacial score (nSPS) is 10.7. The van der Waals surface area contributed by atoms with E-state index in [4.69, 9.17) is 5.73 Å². The summed E-state index contributed by atoms with van der Waals surface area (Å²) in [5, 5.41) is 3.90. The third-order valence-electron chi connectivity index (χ3n) is 1.92. The van der Waals surface area contributed by atoms with Crippen molar-refractivity contribution >= 4 is 23.5 Å². The number of thioether (sulfide) groups is 1. The fourth-order valence-corrected chi connectivity index (χ4v) is 2.20. The Morgan fingerprint density at radius 2 is 2.20 bits per heavy atom. The van der Waals surface area contributed by atoms with Crippen molar-refractivity contribution in [2.75, 3.05) is 23.9 Å². The van der Waals surface area contributed by atoms with Gasteiger partial charge in [-0.1, -0.05) is 13.8 Å². The summed E-state index contributed by atoms with van der Waals surface area (Å²) in [4.78, 5) is 8.21. The van der Waals surface area contributed by atoms with E-state index in [0.717, 1.165) is 22.5 Å². The molecule has 0 saturated carbocycles. The first-order valence-electron chi connectivity index (χ1n) is 5.07. The largest absolute Gasteiger partial charge is 0.373 e. The van der Waals surface area contributed by atoms with Crippen molar-refractivity contribution in [2.24, 2.45) is 5.92 Å². The molecule has 84 valence electrons. The lowest BCUT2D eigenvalue weighted by atomic mass is 10.2. The molecule has 0 bridgehead atoms. The summed E-state index contributed by atoms with van der Waals surface area (Å²) < 4.78 is 0. The molecule has 0 amide bonds. The second-order valence-electron chi connectivity index (χ2n) is 3.73. The average Bonchev–Trinajstić information content (AvgIpc) is 2.16. The number of hydrogen-bond acceptors (Lipinski definition) is 5. The van der Waals surface area contributed by atoms with Crippen molar-refractivity contribution in [3.05, 3.63) is 6.07 Å². The van der Waals surface area contributed by atoms with E-state index in [9.17, 15) is 0 Å². The van der Waals surface area contributed by atoms with Gasteiger partial charge >= 0.3 is 0 Å². The zero-order chi connectivity index (χ0) is 11.3. The minimum absolute atomic E-state index is 0.328. The molecule has 1 rings (SSSR count). The highest BCUT2D eigenvalue weighted by molar-refractivity contribution is 7.99. The van der Waals surface area contributed by atoms with Crippen LogP contribution in [0.4, 0.5) is 11.8 Å². The van der Waals surface area contributed by atoms with Crippen LogP contribution >= 0.6 is 11.8 Å². The highest BCUT2D eigenvalue weighted by atomic mass is 32.2. The number of nitrogen functional groups attached to an aromatic ring is 1. The topological polar surface area (TPSA) is 63.8 Å². The molecule has 1 aromatic heterocycles. The smallest absolute Gasteiger partial charge is 0.223 e. The molecule has 0 aliphatic carbocycles. The molecule has 0 saturated heterocycles. The van der Waals surface area contributed by atoms with Crippen molar-refractivity contribution < 1.29 is 0 Å². The third-order valence-corrected chi connectivity index (χ3v) is 2.87. The molecule has 0 radical (unpaired) electrons. The Bertz CT molecular complexity index is 314. The number of hydrogen-bond donors (Lipinski definition) is 2. The second kappa shape index (κ2) is 5.80. The van der Waals surface area contributed by atoms with E-state index in [2.05, 4.69) is 29.1 Å². The maximum absolute atomic E-state index is 5.59. The highest BCUT2D eigenvalue weighted by Crippen LogP contribution is 2.21. The van der Waals surface area contributed by atoms with Gasteiger partial charge in [-0.25, -0.2) is 4.98 Å². The maximum Gasteiger partial charge on any atom is 0.223 e. The van der Waals surface area contributed by atoms with E-state index >= 15 is 0 Å². The predicted octanol–water partition coefficient (Wildman–Crippen LogP) is 2.24. The summed E-state index contributed by atoms with van der Waals surface area (Å²) in [6.07, 6.45) is 1.18. The molecular formula is C10H18N4S. The Balaban J connectivity index is 2.56. The zero-order valence-corrected chi connectivity index (χ0v) is 10.3. The van der Waals surface area contributed by atoms with Gasteiger partial charge in [-0.3, -0.25) is 0 Å². The van der Waals surface area contributed by atoms with Crippen molar-refractivity contribution in [1.29, 1.82) is 0 Å². The molecule has 15 heavy (non-hydrogen) atoms. The summed E-state index contributed by atoms with van der Waals surface area (Å²) in [6.45, 7) is 4.43. The minimum atomic E-state index is 0.328. The van der Waals surface area contributed by atoms with Crippen LogP contribution in [0.15, 0.2) is 11.1 Å². The van der Waals surface area contributed by atoms with Gasteiger partial charge in [-0.05, 0) is 18.1 Å². The quantitative estimate of drug-likeness (QED) is 0.595. The van der Waals surface area contributed by atoms with E-state index < -0.39 is 0 Å². The number of nitrogens with two attached hydrogens (primary N) is 1. The minimum Gasteiger partial charge on any atom is -0.373 e. The number of anilines is 2. The van der Waals surface area contributed by atoms with Gasteiger partial charge in [0.15, 0.2) is 0 Å². The maximum atomic E-state index is 5.59. The number of aromatic nitrogens is 2. The average molecular weight is 226 g/mol. The van der Waals surface area contributed by atoms with Crippen LogP contribution < -0.4 is 11.1 Å². The van der Waals surface area contributed by atoms with Crippen molar-refractivity contribution in [3.63, 3.8) is 0 Å². The van der Waals surface area contributed by atoms with E-state index in [1.807, 2.05) is 13.1 Å². The number of nitrogens with one attached hydrogen (secondary N) is 1. The molecule has 0 aromatic carbocycles. The molecule has 3 N–H and O–H groups in total. The molecule has 0 aliphatic heterocycles. The first-order chi connectivity index (χ1) is 7.11. The number of nitrogens with zero attached hydrogens (tertiary/aromatic N) is 2. The van der Waals surface area contributed by atoms with Crippen LogP contribution in [0.1, 0.15) is 20.3 Å². The van der Waals surface area contributed by atoms with E-state index in [-0.39, 0.29) is 0 Å². The first kappa shape index (κ1) is 12.1. The van der Waals surface area contributed by atoms with Crippen LogP contribution in [0.25, 0.3) is 0 Å². The fraction of sp³-hybridized carbons (Fsp3) is 0.600. The fourth-order valence-electron chi connectivity index (χ4n) is 1.04. The summed E-state index contributed by atoms with van der Waals surface area (Å²) in [6, 6.07) is 1.92. The molecule has 1 heterocycles. The lowest BCUT2D eigenvalue weighted by Crippen LogP contribution is -2.01. The Hall–Kier alpha value is -0.970. The van der Waals surface area contributed by atoms with Crippen LogP contribution in [0, 0.1) is 5.92 Å². The number of rotatable bonds is 5. The van der Waals surface area contributed by atoms with Crippen molar-refractivity contribution in [2.45, 2.75) is 25.3 Å². The first-order valence-corrected chi connectivity index (χ1v) is 6.05. The highest BCUT2D eigenvalue weighted by Gasteiger charge is 2.02. The lowest BCUT2D eigenvalue weighted by Gasteiger charge is -2.06. The van der Waals surface area contributed by atoms with Crippen molar-refractivity contribution in [3.8, 4) is 0 Å². The molecule has 0 aliphatic rings. The second-order valence-corrected chi connectivity index (χ2v) is 4.85. The molecule has 5 heteroatoms. The van der Waals surface area contributed by atoms with Crippen molar-refractivity contribution in [1.82, 2.24) is 9.97 Å². The SMILES string of the molecule is CNc1cc(SCCC(C)C)nc(N)n1. The monoisotopic (exact) mass is 226 g/mol.